The van der Waals surface area contributed by atoms with Crippen LogP contribution in [0.3, 0.4) is 0 Å². The molecule has 0 heterocycles. The molecule has 1 fully saturated rings. The third-order valence-electron chi connectivity index (χ3n) is 0.866. The maximum Gasteiger partial charge on any atom is -0.0443 e. The Hall–Kier alpha value is 0.440. The smallest absolute Gasteiger partial charge is 0.0443 e. The van der Waals surface area contributed by atoms with Crippen LogP contribution in [0.5, 0.6) is 0 Å². The van der Waals surface area contributed by atoms with E-state index in [2.05, 4.69) is 6.92 Å². The van der Waals surface area contributed by atoms with Crippen molar-refractivity contribution in [3.8, 4) is 0 Å². The van der Waals surface area contributed by atoms with Crippen LogP contribution in [-0.2, 0) is 0 Å². The van der Waals surface area contributed by atoms with Crippen molar-refractivity contribution in [3.63, 3.8) is 0 Å². The molecular formula is C4H12BrN. The highest BCUT2D eigenvalue weighted by atomic mass is 79.9. The minimum absolute atomic E-state index is 0. The molecule has 0 unspecified atom stereocenters. The van der Waals surface area contributed by atoms with Gasteiger partial charge in [-0.05, 0) is 5.92 Å². The zero-order valence-corrected chi connectivity index (χ0v) is 5.82. The summed E-state index contributed by atoms with van der Waals surface area (Å²) in [6.45, 7) is 2.28. The Balaban J connectivity index is 0. The van der Waals surface area contributed by atoms with Crippen molar-refractivity contribution in [2.75, 3.05) is 0 Å². The maximum absolute atomic E-state index is 2.28. The lowest BCUT2D eigenvalue weighted by Gasteiger charge is -1.53. The maximum atomic E-state index is 2.28. The topological polar surface area (TPSA) is 35.0 Å². The molecule has 0 aromatic carbocycles. The second-order valence-corrected chi connectivity index (χ2v) is 1.68. The fraction of sp³-hybridized carbons (Fsp3) is 1.00. The Kier molecular flexibility index (Phi) is 5.84. The summed E-state index contributed by atoms with van der Waals surface area (Å²) in [5.41, 5.74) is 0. The lowest BCUT2D eigenvalue weighted by molar-refractivity contribution is 0.983. The van der Waals surface area contributed by atoms with E-state index in [9.17, 15) is 0 Å². The van der Waals surface area contributed by atoms with E-state index in [0.29, 0.717) is 0 Å². The summed E-state index contributed by atoms with van der Waals surface area (Å²) in [5, 5.41) is 0. The third-order valence-corrected chi connectivity index (χ3v) is 0.866. The standard InChI is InChI=1S/C4H8.BrH.H3N/c1-4-2-3-4;;/h4H,2-3H2,1H3;1H;1H3. The van der Waals surface area contributed by atoms with Gasteiger partial charge in [-0.15, -0.1) is 17.0 Å². The zero-order valence-electron chi connectivity index (χ0n) is 4.11. The summed E-state index contributed by atoms with van der Waals surface area (Å²) in [6.07, 6.45) is 2.97. The lowest BCUT2D eigenvalue weighted by Crippen LogP contribution is -1.42. The normalized spacial score (nSPS) is 17.5. The summed E-state index contributed by atoms with van der Waals surface area (Å²) in [5.74, 6) is 1.08. The lowest BCUT2D eigenvalue weighted by atomic mass is 10.5. The molecule has 0 spiro atoms. The van der Waals surface area contributed by atoms with Crippen molar-refractivity contribution in [1.82, 2.24) is 6.15 Å². The van der Waals surface area contributed by atoms with Gasteiger partial charge in [0.1, 0.15) is 0 Å². The average Bonchev–Trinajstić information content (AvgIpc) is 1.75. The SMILES string of the molecule is Br.CC1CC1.N. The average molecular weight is 154 g/mol. The Labute approximate surface area is 49.5 Å². The molecule has 0 bridgehead atoms. The highest BCUT2D eigenvalue weighted by Crippen LogP contribution is 2.26. The Bertz CT molecular complexity index is 26.7. The Morgan fingerprint density at radius 1 is 1.33 bits per heavy atom. The van der Waals surface area contributed by atoms with Gasteiger partial charge in [0.25, 0.3) is 0 Å². The molecule has 0 amide bonds. The number of halogens is 1. The van der Waals surface area contributed by atoms with Crippen LogP contribution in [0.1, 0.15) is 19.8 Å². The van der Waals surface area contributed by atoms with E-state index in [-0.39, 0.29) is 23.1 Å². The summed E-state index contributed by atoms with van der Waals surface area (Å²) >= 11 is 0. The molecule has 0 aliphatic heterocycles. The number of hydrogen-bond acceptors (Lipinski definition) is 1. The van der Waals surface area contributed by atoms with Crippen molar-refractivity contribution in [2.45, 2.75) is 19.8 Å². The van der Waals surface area contributed by atoms with E-state index in [1.54, 1.807) is 0 Å². The molecular weight excluding hydrogens is 142 g/mol. The molecule has 0 atom stereocenters. The summed E-state index contributed by atoms with van der Waals surface area (Å²) in [7, 11) is 0. The first kappa shape index (κ1) is 9.67. The van der Waals surface area contributed by atoms with Gasteiger partial charge < -0.3 is 6.15 Å². The van der Waals surface area contributed by atoms with Crippen LogP contribution < -0.4 is 6.15 Å². The third kappa shape index (κ3) is 4.44. The van der Waals surface area contributed by atoms with Crippen LogP contribution in [0, 0.1) is 5.92 Å². The van der Waals surface area contributed by atoms with Gasteiger partial charge in [0.05, 0.1) is 0 Å². The summed E-state index contributed by atoms with van der Waals surface area (Å²) < 4.78 is 0. The van der Waals surface area contributed by atoms with Gasteiger partial charge in [-0.25, -0.2) is 0 Å². The molecule has 0 saturated heterocycles. The largest absolute Gasteiger partial charge is 0.344 e. The molecule has 1 aliphatic rings. The van der Waals surface area contributed by atoms with Crippen molar-refractivity contribution in [2.24, 2.45) is 5.92 Å². The van der Waals surface area contributed by atoms with Gasteiger partial charge in [-0.3, -0.25) is 0 Å². The Morgan fingerprint density at radius 2 is 1.50 bits per heavy atom. The molecule has 3 N–H and O–H groups in total. The highest BCUT2D eigenvalue weighted by Gasteiger charge is 2.12. The quantitative estimate of drug-likeness (QED) is 0.569. The second kappa shape index (κ2) is 3.62. The first-order valence-electron chi connectivity index (χ1n) is 1.89. The zero-order chi connectivity index (χ0) is 2.99. The van der Waals surface area contributed by atoms with Crippen LogP contribution in [-0.4, -0.2) is 0 Å². The predicted molar refractivity (Wildman–Crippen MR) is 33.7 cm³/mol. The van der Waals surface area contributed by atoms with Crippen molar-refractivity contribution >= 4 is 17.0 Å². The Morgan fingerprint density at radius 3 is 1.50 bits per heavy atom. The van der Waals surface area contributed by atoms with Crippen LogP contribution in [0.15, 0.2) is 0 Å². The van der Waals surface area contributed by atoms with Crippen LogP contribution in [0.4, 0.5) is 0 Å². The monoisotopic (exact) mass is 153 g/mol. The molecule has 40 valence electrons. The minimum atomic E-state index is 0. The van der Waals surface area contributed by atoms with E-state index in [4.69, 9.17) is 0 Å². The van der Waals surface area contributed by atoms with Gasteiger partial charge >= 0.3 is 0 Å². The van der Waals surface area contributed by atoms with Crippen LogP contribution in [0.25, 0.3) is 0 Å². The predicted octanol–water partition coefficient (Wildman–Crippen LogP) is 2.16. The summed E-state index contributed by atoms with van der Waals surface area (Å²) in [6, 6.07) is 0. The molecule has 1 rings (SSSR count). The van der Waals surface area contributed by atoms with Crippen LogP contribution in [0.2, 0.25) is 0 Å². The number of rotatable bonds is 0. The molecule has 0 aromatic rings. The molecule has 1 saturated carbocycles. The van der Waals surface area contributed by atoms with Gasteiger partial charge in [0.2, 0.25) is 0 Å². The molecule has 0 radical (unpaired) electrons. The van der Waals surface area contributed by atoms with Crippen LogP contribution >= 0.6 is 17.0 Å². The van der Waals surface area contributed by atoms with E-state index in [0.717, 1.165) is 5.92 Å². The van der Waals surface area contributed by atoms with Crippen molar-refractivity contribution < 1.29 is 0 Å². The first-order valence-corrected chi connectivity index (χ1v) is 1.89. The van der Waals surface area contributed by atoms with E-state index < -0.39 is 0 Å². The minimum Gasteiger partial charge on any atom is -0.344 e. The van der Waals surface area contributed by atoms with E-state index in [1.807, 2.05) is 0 Å². The van der Waals surface area contributed by atoms with Gasteiger partial charge in [-0.2, -0.15) is 0 Å². The van der Waals surface area contributed by atoms with Gasteiger partial charge in [0.15, 0.2) is 0 Å². The first-order chi connectivity index (χ1) is 1.89. The second-order valence-electron chi connectivity index (χ2n) is 1.68. The molecule has 0 aromatic heterocycles. The summed E-state index contributed by atoms with van der Waals surface area (Å²) in [4.78, 5) is 0. The molecule has 2 heteroatoms. The number of hydrogen-bond donors (Lipinski definition) is 1. The molecule has 6 heavy (non-hydrogen) atoms. The van der Waals surface area contributed by atoms with Crippen molar-refractivity contribution in [3.05, 3.63) is 0 Å². The van der Waals surface area contributed by atoms with Gasteiger partial charge in [-0.1, -0.05) is 19.8 Å². The molecule has 1 nitrogen and oxygen atoms in total. The van der Waals surface area contributed by atoms with Crippen molar-refractivity contribution in [1.29, 1.82) is 0 Å². The fourth-order valence-corrected chi connectivity index (χ4v) is 0.167. The molecule has 1 aliphatic carbocycles. The fourth-order valence-electron chi connectivity index (χ4n) is 0.167. The van der Waals surface area contributed by atoms with Gasteiger partial charge in [0, 0.05) is 0 Å². The highest BCUT2D eigenvalue weighted by molar-refractivity contribution is 8.93. The van der Waals surface area contributed by atoms with E-state index >= 15 is 0 Å². The van der Waals surface area contributed by atoms with E-state index in [1.165, 1.54) is 12.8 Å².